The molecule has 2 aromatic rings. The normalized spacial score (nSPS) is 10.7. The molecule has 22 heavy (non-hydrogen) atoms. The molecule has 0 unspecified atom stereocenters. The third-order valence-electron chi connectivity index (χ3n) is 3.16. The van der Waals surface area contributed by atoms with E-state index in [4.69, 9.17) is 9.47 Å². The summed E-state index contributed by atoms with van der Waals surface area (Å²) in [7, 11) is 3.13. The van der Waals surface area contributed by atoms with Crippen molar-refractivity contribution in [2.24, 2.45) is 4.99 Å². The molecule has 0 aliphatic heterocycles. The first-order valence-corrected chi connectivity index (χ1v) is 6.56. The number of hydrogen-bond acceptors (Lipinski definition) is 5. The van der Waals surface area contributed by atoms with Crippen LogP contribution >= 0.6 is 0 Å². The SMILES string of the molecule is COc1ccc(C=Nc2cc([N+](=O)[O-])ccc2C)cc1OC. The Balaban J connectivity index is 2.32. The number of nitro groups is 1. The van der Waals surface area contributed by atoms with Crippen molar-refractivity contribution in [3.63, 3.8) is 0 Å². The highest BCUT2D eigenvalue weighted by atomic mass is 16.6. The second kappa shape index (κ2) is 6.71. The van der Waals surface area contributed by atoms with Crippen molar-refractivity contribution in [1.82, 2.24) is 0 Å². The van der Waals surface area contributed by atoms with Crippen LogP contribution < -0.4 is 9.47 Å². The van der Waals surface area contributed by atoms with Crippen LogP contribution in [0.25, 0.3) is 0 Å². The van der Waals surface area contributed by atoms with Crippen LogP contribution in [-0.4, -0.2) is 25.4 Å². The summed E-state index contributed by atoms with van der Waals surface area (Å²) >= 11 is 0. The van der Waals surface area contributed by atoms with Gasteiger partial charge in [0.1, 0.15) is 0 Å². The second-order valence-electron chi connectivity index (χ2n) is 4.60. The van der Waals surface area contributed by atoms with Crippen molar-refractivity contribution >= 4 is 17.6 Å². The van der Waals surface area contributed by atoms with Crippen molar-refractivity contribution in [3.8, 4) is 11.5 Å². The van der Waals surface area contributed by atoms with Gasteiger partial charge < -0.3 is 9.47 Å². The molecule has 6 heteroatoms. The molecule has 0 heterocycles. The molecule has 0 spiro atoms. The Bertz CT molecular complexity index is 726. The summed E-state index contributed by atoms with van der Waals surface area (Å²) in [5.74, 6) is 1.23. The number of rotatable bonds is 5. The van der Waals surface area contributed by atoms with Gasteiger partial charge in [0.05, 0.1) is 24.8 Å². The van der Waals surface area contributed by atoms with Crippen LogP contribution in [0.3, 0.4) is 0 Å². The summed E-state index contributed by atoms with van der Waals surface area (Å²) in [5, 5.41) is 10.8. The lowest BCUT2D eigenvalue weighted by Gasteiger charge is -2.07. The quantitative estimate of drug-likeness (QED) is 0.479. The van der Waals surface area contributed by atoms with Crippen molar-refractivity contribution < 1.29 is 14.4 Å². The van der Waals surface area contributed by atoms with E-state index in [9.17, 15) is 10.1 Å². The standard InChI is InChI=1S/C16H16N2O4/c1-11-4-6-13(18(19)20)9-14(11)17-10-12-5-7-15(21-2)16(8-12)22-3/h4-10H,1-3H3. The Morgan fingerprint density at radius 3 is 2.45 bits per heavy atom. The molecule has 0 aliphatic rings. The number of non-ortho nitro benzene ring substituents is 1. The average Bonchev–Trinajstić information content (AvgIpc) is 2.53. The van der Waals surface area contributed by atoms with Gasteiger partial charge in [0.15, 0.2) is 11.5 Å². The third kappa shape index (κ3) is 3.41. The number of aryl methyl sites for hydroxylation is 1. The fourth-order valence-corrected chi connectivity index (χ4v) is 1.93. The highest BCUT2D eigenvalue weighted by Gasteiger charge is 2.08. The molecule has 0 amide bonds. The molecule has 114 valence electrons. The van der Waals surface area contributed by atoms with Gasteiger partial charge >= 0.3 is 0 Å². The van der Waals surface area contributed by atoms with Crippen molar-refractivity contribution in [3.05, 3.63) is 57.6 Å². The number of hydrogen-bond donors (Lipinski definition) is 0. The fourth-order valence-electron chi connectivity index (χ4n) is 1.93. The van der Waals surface area contributed by atoms with Gasteiger partial charge in [0.2, 0.25) is 0 Å². The zero-order valence-corrected chi connectivity index (χ0v) is 12.6. The predicted molar refractivity (Wildman–Crippen MR) is 84.6 cm³/mol. The summed E-state index contributed by atoms with van der Waals surface area (Å²) in [6.45, 7) is 1.85. The van der Waals surface area contributed by atoms with Crippen LogP contribution in [0, 0.1) is 17.0 Å². The summed E-state index contributed by atoms with van der Waals surface area (Å²) in [6.07, 6.45) is 1.63. The lowest BCUT2D eigenvalue weighted by Crippen LogP contribution is -1.92. The van der Waals surface area contributed by atoms with Gasteiger partial charge in [0, 0.05) is 18.3 Å². The number of benzene rings is 2. The lowest BCUT2D eigenvalue weighted by atomic mass is 10.2. The molecule has 2 rings (SSSR count). The Labute approximate surface area is 128 Å². The van der Waals surface area contributed by atoms with E-state index in [2.05, 4.69) is 4.99 Å². The number of nitro benzene ring substituents is 1. The Morgan fingerprint density at radius 2 is 1.82 bits per heavy atom. The van der Waals surface area contributed by atoms with Crippen LogP contribution in [-0.2, 0) is 0 Å². The first-order valence-electron chi connectivity index (χ1n) is 6.56. The summed E-state index contributed by atoms with van der Waals surface area (Å²) in [6, 6.07) is 9.99. The van der Waals surface area contributed by atoms with Gasteiger partial charge in [-0.05, 0) is 36.2 Å². The summed E-state index contributed by atoms with van der Waals surface area (Å²) in [4.78, 5) is 14.7. The minimum Gasteiger partial charge on any atom is -0.493 e. The van der Waals surface area contributed by atoms with Gasteiger partial charge in [-0.2, -0.15) is 0 Å². The molecule has 0 fully saturated rings. The van der Waals surface area contributed by atoms with E-state index in [0.717, 1.165) is 11.1 Å². The van der Waals surface area contributed by atoms with Gasteiger partial charge in [-0.25, -0.2) is 0 Å². The molecule has 0 aromatic heterocycles. The first kappa shape index (κ1) is 15.5. The van der Waals surface area contributed by atoms with Crippen LogP contribution in [0.15, 0.2) is 41.4 Å². The van der Waals surface area contributed by atoms with Gasteiger partial charge in [-0.1, -0.05) is 6.07 Å². The van der Waals surface area contributed by atoms with Gasteiger partial charge in [-0.3, -0.25) is 15.1 Å². The lowest BCUT2D eigenvalue weighted by molar-refractivity contribution is -0.384. The average molecular weight is 300 g/mol. The summed E-state index contributed by atoms with van der Waals surface area (Å²) in [5.41, 5.74) is 2.25. The van der Waals surface area contributed by atoms with E-state index >= 15 is 0 Å². The van der Waals surface area contributed by atoms with E-state index in [1.165, 1.54) is 12.1 Å². The Hall–Kier alpha value is -2.89. The predicted octanol–water partition coefficient (Wildman–Crippen LogP) is 3.67. The Morgan fingerprint density at radius 1 is 1.09 bits per heavy atom. The zero-order chi connectivity index (χ0) is 16.1. The van der Waals surface area contributed by atoms with E-state index in [-0.39, 0.29) is 5.69 Å². The van der Waals surface area contributed by atoms with Crippen molar-refractivity contribution in [1.29, 1.82) is 0 Å². The van der Waals surface area contributed by atoms with E-state index in [0.29, 0.717) is 17.2 Å². The molecule has 2 aromatic carbocycles. The second-order valence-corrected chi connectivity index (χ2v) is 4.60. The van der Waals surface area contributed by atoms with Crippen LogP contribution in [0.4, 0.5) is 11.4 Å². The minimum atomic E-state index is -0.436. The molecular weight excluding hydrogens is 284 g/mol. The maximum absolute atomic E-state index is 10.8. The number of aliphatic imine (C=N–C) groups is 1. The highest BCUT2D eigenvalue weighted by molar-refractivity contribution is 5.83. The topological polar surface area (TPSA) is 74.0 Å². The van der Waals surface area contributed by atoms with E-state index in [1.54, 1.807) is 38.6 Å². The molecular formula is C16H16N2O4. The maximum Gasteiger partial charge on any atom is 0.271 e. The van der Waals surface area contributed by atoms with Crippen molar-refractivity contribution in [2.75, 3.05) is 14.2 Å². The van der Waals surface area contributed by atoms with E-state index in [1.807, 2.05) is 13.0 Å². The number of ether oxygens (including phenoxy) is 2. The molecule has 0 N–H and O–H groups in total. The molecule has 6 nitrogen and oxygen atoms in total. The van der Waals surface area contributed by atoms with Crippen LogP contribution in [0.1, 0.15) is 11.1 Å². The maximum atomic E-state index is 10.8. The molecule has 0 aliphatic carbocycles. The first-order chi connectivity index (χ1) is 10.5. The zero-order valence-electron chi connectivity index (χ0n) is 12.6. The largest absolute Gasteiger partial charge is 0.493 e. The van der Waals surface area contributed by atoms with Crippen molar-refractivity contribution in [2.45, 2.75) is 6.92 Å². The van der Waals surface area contributed by atoms with Gasteiger partial charge in [-0.15, -0.1) is 0 Å². The molecule has 0 atom stereocenters. The smallest absolute Gasteiger partial charge is 0.271 e. The van der Waals surface area contributed by atoms with E-state index < -0.39 is 4.92 Å². The monoisotopic (exact) mass is 300 g/mol. The third-order valence-corrected chi connectivity index (χ3v) is 3.16. The summed E-state index contributed by atoms with van der Waals surface area (Å²) < 4.78 is 10.4. The molecule has 0 saturated carbocycles. The molecule has 0 radical (unpaired) electrons. The number of nitrogens with zero attached hydrogens (tertiary/aromatic N) is 2. The molecule has 0 saturated heterocycles. The van der Waals surface area contributed by atoms with Gasteiger partial charge in [0.25, 0.3) is 5.69 Å². The Kier molecular flexibility index (Phi) is 4.73. The van der Waals surface area contributed by atoms with Crippen LogP contribution in [0.2, 0.25) is 0 Å². The molecule has 0 bridgehead atoms. The highest BCUT2D eigenvalue weighted by Crippen LogP contribution is 2.28. The minimum absolute atomic E-state index is 0.0186. The van der Waals surface area contributed by atoms with Crippen LogP contribution in [0.5, 0.6) is 11.5 Å². The number of methoxy groups -OCH3 is 2. The fraction of sp³-hybridized carbons (Fsp3) is 0.188.